The summed E-state index contributed by atoms with van der Waals surface area (Å²) in [7, 11) is 0. The number of halogens is 3. The second-order valence-corrected chi connectivity index (χ2v) is 9.08. The number of nitrogens with one attached hydrogen (secondary N) is 1. The van der Waals surface area contributed by atoms with Gasteiger partial charge in [0.2, 0.25) is 5.91 Å². The number of carbonyl (C=O) groups is 3. The Hall–Kier alpha value is -3.10. The predicted octanol–water partition coefficient (Wildman–Crippen LogP) is 5.26. The Bertz CT molecular complexity index is 1340. The van der Waals surface area contributed by atoms with Gasteiger partial charge >= 0.3 is 5.97 Å². The van der Waals surface area contributed by atoms with Crippen LogP contribution in [0.25, 0.3) is 10.9 Å². The number of phenols is 1. The number of benzene rings is 2. The number of aromatic nitrogens is 1. The quantitative estimate of drug-likeness (QED) is 0.420. The number of rotatable bonds is 6. The monoisotopic (exact) mass is 508 g/mol. The topological polar surface area (TPSA) is 109 Å². The summed E-state index contributed by atoms with van der Waals surface area (Å²) in [5.74, 6) is -5.12. The van der Waals surface area contributed by atoms with Crippen molar-refractivity contribution in [3.63, 3.8) is 0 Å². The molecule has 3 N–H and O–H groups in total. The number of hydrogen-bond donors (Lipinski definition) is 3. The Labute approximate surface area is 205 Å². The molecule has 2 unspecified atom stereocenters. The number of hydrogen-bond acceptors (Lipinski definition) is 4. The van der Waals surface area contributed by atoms with Gasteiger partial charge in [0.05, 0.1) is 21.5 Å². The van der Waals surface area contributed by atoms with Gasteiger partial charge < -0.3 is 15.5 Å². The van der Waals surface area contributed by atoms with E-state index in [1.54, 1.807) is 13.8 Å². The lowest BCUT2D eigenvalue weighted by Crippen LogP contribution is -2.52. The fraction of sp³-hybridized carbons (Fsp3) is 0.292. The highest BCUT2D eigenvalue weighted by atomic mass is 35.5. The molecule has 0 saturated carbocycles. The summed E-state index contributed by atoms with van der Waals surface area (Å²) in [5.41, 5.74) is -0.815. The van der Waals surface area contributed by atoms with Crippen molar-refractivity contribution < 1.29 is 29.0 Å². The average molecular weight is 509 g/mol. The first-order chi connectivity index (χ1) is 15.8. The molecule has 180 valence electrons. The summed E-state index contributed by atoms with van der Waals surface area (Å²) in [6.45, 7) is 6.01. The Morgan fingerprint density at radius 1 is 1.18 bits per heavy atom. The predicted molar refractivity (Wildman–Crippen MR) is 127 cm³/mol. The van der Waals surface area contributed by atoms with Gasteiger partial charge in [-0.1, -0.05) is 30.1 Å². The van der Waals surface area contributed by atoms with E-state index in [0.717, 1.165) is 6.07 Å². The van der Waals surface area contributed by atoms with Crippen LogP contribution in [-0.4, -0.2) is 38.1 Å². The van der Waals surface area contributed by atoms with Gasteiger partial charge in [0, 0.05) is 16.6 Å². The number of amides is 1. The summed E-state index contributed by atoms with van der Waals surface area (Å²) < 4.78 is 16.4. The van der Waals surface area contributed by atoms with Crippen LogP contribution in [0.3, 0.4) is 0 Å². The zero-order valence-corrected chi connectivity index (χ0v) is 20.4. The maximum atomic E-state index is 15.2. The van der Waals surface area contributed by atoms with E-state index in [-0.39, 0.29) is 44.2 Å². The second-order valence-electron chi connectivity index (χ2n) is 8.26. The SMILES string of the molecule is CCC(C)(NC(=O)C(C)c1c(C)n(C(=O)c2ccc(Cl)c(Cl)c2)c2ccc(O)c(F)c12)C(=O)O. The highest BCUT2D eigenvalue weighted by Gasteiger charge is 2.36. The van der Waals surface area contributed by atoms with E-state index in [0.29, 0.717) is 0 Å². The minimum absolute atomic E-state index is 0.109. The number of aliphatic carboxylic acids is 1. The third kappa shape index (κ3) is 4.23. The van der Waals surface area contributed by atoms with E-state index in [1.807, 2.05) is 0 Å². The molecule has 0 radical (unpaired) electrons. The van der Waals surface area contributed by atoms with Crippen molar-refractivity contribution >= 4 is 51.9 Å². The van der Waals surface area contributed by atoms with Crippen LogP contribution in [0.1, 0.15) is 54.7 Å². The highest BCUT2D eigenvalue weighted by molar-refractivity contribution is 6.42. The molecule has 2 aromatic carbocycles. The molecule has 0 aliphatic heterocycles. The molecular weight excluding hydrogens is 486 g/mol. The molecule has 2 atom stereocenters. The third-order valence-electron chi connectivity index (χ3n) is 6.11. The van der Waals surface area contributed by atoms with Gasteiger partial charge in [-0.25, -0.2) is 9.18 Å². The largest absolute Gasteiger partial charge is 0.505 e. The molecule has 3 aromatic rings. The van der Waals surface area contributed by atoms with Crippen LogP contribution in [-0.2, 0) is 9.59 Å². The molecule has 0 aliphatic rings. The second kappa shape index (κ2) is 9.27. The number of nitrogens with zero attached hydrogens (tertiary/aromatic N) is 1. The normalized spacial score (nSPS) is 14.0. The average Bonchev–Trinajstić information content (AvgIpc) is 3.09. The molecule has 0 fully saturated rings. The Kier molecular flexibility index (Phi) is 6.96. The number of carboxylic acid groups (broad SMARTS) is 1. The van der Waals surface area contributed by atoms with Gasteiger partial charge in [0.1, 0.15) is 5.54 Å². The van der Waals surface area contributed by atoms with Crippen LogP contribution in [0.4, 0.5) is 4.39 Å². The molecule has 7 nitrogen and oxygen atoms in total. The molecule has 0 spiro atoms. The first-order valence-corrected chi connectivity index (χ1v) is 11.2. The van der Waals surface area contributed by atoms with E-state index in [9.17, 15) is 24.6 Å². The zero-order chi connectivity index (χ0) is 25.5. The number of phenolic OH excluding ortho intramolecular Hbond substituents is 1. The Balaban J connectivity index is 2.21. The van der Waals surface area contributed by atoms with Crippen molar-refractivity contribution in [2.75, 3.05) is 0 Å². The number of fused-ring (bicyclic) bond motifs is 1. The fourth-order valence-electron chi connectivity index (χ4n) is 3.83. The molecule has 34 heavy (non-hydrogen) atoms. The van der Waals surface area contributed by atoms with Crippen molar-refractivity contribution in [3.05, 3.63) is 63.0 Å². The van der Waals surface area contributed by atoms with E-state index in [1.165, 1.54) is 42.7 Å². The van der Waals surface area contributed by atoms with Crippen LogP contribution in [0, 0.1) is 12.7 Å². The van der Waals surface area contributed by atoms with Gasteiger partial charge in [-0.15, -0.1) is 0 Å². The van der Waals surface area contributed by atoms with Crippen molar-refractivity contribution in [1.82, 2.24) is 9.88 Å². The van der Waals surface area contributed by atoms with Crippen molar-refractivity contribution in [2.24, 2.45) is 0 Å². The molecule has 0 aliphatic carbocycles. The zero-order valence-electron chi connectivity index (χ0n) is 18.9. The first kappa shape index (κ1) is 25.5. The molecular formula is C24H23Cl2FN2O5. The number of carboxylic acids is 1. The van der Waals surface area contributed by atoms with Gasteiger partial charge in [-0.2, -0.15) is 0 Å². The minimum Gasteiger partial charge on any atom is -0.505 e. The van der Waals surface area contributed by atoms with E-state index in [4.69, 9.17) is 23.2 Å². The maximum absolute atomic E-state index is 15.2. The van der Waals surface area contributed by atoms with Crippen LogP contribution in [0.15, 0.2) is 30.3 Å². The van der Waals surface area contributed by atoms with Crippen LogP contribution in [0.5, 0.6) is 5.75 Å². The van der Waals surface area contributed by atoms with Crippen LogP contribution in [0.2, 0.25) is 10.0 Å². The fourth-order valence-corrected chi connectivity index (χ4v) is 4.13. The molecule has 0 bridgehead atoms. The van der Waals surface area contributed by atoms with E-state index < -0.39 is 40.8 Å². The van der Waals surface area contributed by atoms with Crippen molar-refractivity contribution in [2.45, 2.75) is 45.6 Å². The van der Waals surface area contributed by atoms with E-state index >= 15 is 4.39 Å². The van der Waals surface area contributed by atoms with Crippen LogP contribution >= 0.6 is 23.2 Å². The minimum atomic E-state index is -1.53. The smallest absolute Gasteiger partial charge is 0.329 e. The summed E-state index contributed by atoms with van der Waals surface area (Å²) in [4.78, 5) is 38.1. The summed E-state index contributed by atoms with van der Waals surface area (Å²) >= 11 is 12.0. The van der Waals surface area contributed by atoms with Crippen molar-refractivity contribution in [1.29, 1.82) is 0 Å². The van der Waals surface area contributed by atoms with Gasteiger partial charge in [-0.3, -0.25) is 14.2 Å². The van der Waals surface area contributed by atoms with Gasteiger partial charge in [0.25, 0.3) is 5.91 Å². The summed E-state index contributed by atoms with van der Waals surface area (Å²) in [5, 5.41) is 22.3. The van der Waals surface area contributed by atoms with Gasteiger partial charge in [0.15, 0.2) is 11.6 Å². The van der Waals surface area contributed by atoms with Crippen LogP contribution < -0.4 is 5.32 Å². The Morgan fingerprint density at radius 3 is 2.38 bits per heavy atom. The maximum Gasteiger partial charge on any atom is 0.329 e. The number of aromatic hydroxyl groups is 1. The molecule has 10 heteroatoms. The molecule has 3 rings (SSSR count). The molecule has 0 saturated heterocycles. The molecule has 1 amide bonds. The lowest BCUT2D eigenvalue weighted by atomic mass is 9.93. The lowest BCUT2D eigenvalue weighted by Gasteiger charge is -2.26. The van der Waals surface area contributed by atoms with Gasteiger partial charge in [-0.05, 0) is 63.1 Å². The Morgan fingerprint density at radius 2 is 1.82 bits per heavy atom. The third-order valence-corrected chi connectivity index (χ3v) is 6.85. The standard InChI is InChI=1S/C24H23Cl2FN2O5/c1-5-24(4,23(33)34)28-21(31)11(2)18-12(3)29(16-8-9-17(30)20(27)19(16)18)22(32)13-6-7-14(25)15(26)10-13/h6-11,30H,5H2,1-4H3,(H,28,31)(H,33,34). The van der Waals surface area contributed by atoms with E-state index in [2.05, 4.69) is 5.32 Å². The number of carbonyl (C=O) groups excluding carboxylic acids is 2. The summed E-state index contributed by atoms with van der Waals surface area (Å²) in [6.07, 6.45) is 0.118. The van der Waals surface area contributed by atoms with Crippen molar-refractivity contribution in [3.8, 4) is 5.75 Å². The molecule has 1 aromatic heterocycles. The summed E-state index contributed by atoms with van der Waals surface area (Å²) in [6, 6.07) is 6.79. The molecule has 1 heterocycles. The lowest BCUT2D eigenvalue weighted by molar-refractivity contribution is -0.147. The highest BCUT2D eigenvalue weighted by Crippen LogP contribution is 2.38. The first-order valence-electron chi connectivity index (χ1n) is 10.4.